The van der Waals surface area contributed by atoms with E-state index in [1.54, 1.807) is 0 Å². The van der Waals surface area contributed by atoms with Gasteiger partial charge in [0.2, 0.25) is 0 Å². The maximum absolute atomic E-state index is 13.3. The van der Waals surface area contributed by atoms with Gasteiger partial charge in [-0.05, 0) is 67.2 Å². The molecule has 1 saturated carbocycles. The summed E-state index contributed by atoms with van der Waals surface area (Å²) in [5.41, 5.74) is 4.05. The molecular weight excluding hydrogens is 372 g/mol. The van der Waals surface area contributed by atoms with Gasteiger partial charge in [-0.15, -0.1) is 0 Å². The number of aryl methyl sites for hydroxylation is 2. The van der Waals surface area contributed by atoms with Crippen molar-refractivity contribution >= 4 is 5.91 Å². The van der Waals surface area contributed by atoms with Gasteiger partial charge in [-0.2, -0.15) is 0 Å². The molecule has 2 fully saturated rings. The molecule has 0 radical (unpaired) electrons. The van der Waals surface area contributed by atoms with Crippen molar-refractivity contribution < 1.29 is 9.53 Å². The van der Waals surface area contributed by atoms with Gasteiger partial charge in [-0.1, -0.05) is 52.5 Å². The third kappa shape index (κ3) is 4.38. The molecule has 162 valence electrons. The third-order valence-electron chi connectivity index (χ3n) is 6.47. The second-order valence-corrected chi connectivity index (χ2v) is 10.2. The SMILES string of the molecule is C.Cc1cccc(C)c1OCc1cccc(C(=O)N2C[C@]3(C)C[C@H]2CC(C)(C)C3)n1. The normalized spacial score (nSPS) is 24.3. The lowest BCUT2D eigenvalue weighted by molar-refractivity contribution is 0.0701. The van der Waals surface area contributed by atoms with Crippen LogP contribution in [0.3, 0.4) is 0 Å². The third-order valence-corrected chi connectivity index (χ3v) is 6.47. The average Bonchev–Trinajstić information content (AvgIpc) is 2.89. The van der Waals surface area contributed by atoms with Crippen LogP contribution in [0.25, 0.3) is 0 Å². The first-order valence-corrected chi connectivity index (χ1v) is 10.6. The van der Waals surface area contributed by atoms with Gasteiger partial charge < -0.3 is 9.64 Å². The lowest BCUT2D eigenvalue weighted by Crippen LogP contribution is -2.38. The number of pyridine rings is 1. The number of carbonyl (C=O) groups is 1. The maximum atomic E-state index is 13.3. The first-order chi connectivity index (χ1) is 13.7. The van der Waals surface area contributed by atoms with Crippen LogP contribution in [0, 0.1) is 24.7 Å². The van der Waals surface area contributed by atoms with E-state index in [-0.39, 0.29) is 18.7 Å². The van der Waals surface area contributed by atoms with Crippen LogP contribution in [-0.2, 0) is 6.61 Å². The number of para-hydroxylation sites is 1. The number of benzene rings is 1. The first kappa shape index (κ1) is 22.3. The summed E-state index contributed by atoms with van der Waals surface area (Å²) in [5, 5.41) is 0. The molecule has 1 aliphatic heterocycles. The predicted octanol–water partition coefficient (Wildman–Crippen LogP) is 5.95. The number of rotatable bonds is 4. The Morgan fingerprint density at radius 1 is 1.10 bits per heavy atom. The van der Waals surface area contributed by atoms with Crippen LogP contribution in [-0.4, -0.2) is 28.4 Å². The Labute approximate surface area is 181 Å². The molecule has 1 aromatic carbocycles. The molecule has 1 aliphatic carbocycles. The van der Waals surface area contributed by atoms with Crippen LogP contribution in [0.5, 0.6) is 5.75 Å². The van der Waals surface area contributed by atoms with Crippen molar-refractivity contribution in [2.75, 3.05) is 6.54 Å². The molecule has 4 nitrogen and oxygen atoms in total. The highest BCUT2D eigenvalue weighted by Gasteiger charge is 2.51. The highest BCUT2D eigenvalue weighted by molar-refractivity contribution is 5.92. The largest absolute Gasteiger partial charge is 0.487 e. The monoisotopic (exact) mass is 408 g/mol. The fraction of sp³-hybridized carbons (Fsp3) is 0.538. The molecule has 0 spiro atoms. The van der Waals surface area contributed by atoms with Crippen molar-refractivity contribution in [3.8, 4) is 5.75 Å². The summed E-state index contributed by atoms with van der Waals surface area (Å²) in [6.07, 6.45) is 3.36. The Morgan fingerprint density at radius 3 is 2.47 bits per heavy atom. The number of ether oxygens (including phenoxy) is 1. The van der Waals surface area contributed by atoms with Crippen LogP contribution in [0.1, 0.15) is 74.8 Å². The van der Waals surface area contributed by atoms with Crippen LogP contribution < -0.4 is 4.74 Å². The first-order valence-electron chi connectivity index (χ1n) is 10.6. The van der Waals surface area contributed by atoms with E-state index in [1.165, 1.54) is 6.42 Å². The van der Waals surface area contributed by atoms with E-state index in [4.69, 9.17) is 4.74 Å². The minimum atomic E-state index is 0. The molecule has 1 aromatic heterocycles. The van der Waals surface area contributed by atoms with Gasteiger partial charge in [-0.3, -0.25) is 4.79 Å². The van der Waals surface area contributed by atoms with Gasteiger partial charge in [0, 0.05) is 12.6 Å². The van der Waals surface area contributed by atoms with Crippen molar-refractivity contribution in [3.63, 3.8) is 0 Å². The van der Waals surface area contributed by atoms with E-state index in [1.807, 2.05) is 50.2 Å². The number of aromatic nitrogens is 1. The minimum absolute atomic E-state index is 0. The van der Waals surface area contributed by atoms with E-state index >= 15 is 0 Å². The molecule has 0 N–H and O–H groups in total. The maximum Gasteiger partial charge on any atom is 0.272 e. The molecule has 2 aliphatic rings. The zero-order valence-electron chi connectivity index (χ0n) is 18.3. The summed E-state index contributed by atoms with van der Waals surface area (Å²) in [6.45, 7) is 12.3. The van der Waals surface area contributed by atoms with Crippen molar-refractivity contribution in [3.05, 3.63) is 58.9 Å². The molecule has 30 heavy (non-hydrogen) atoms. The summed E-state index contributed by atoms with van der Waals surface area (Å²) in [5.74, 6) is 0.958. The summed E-state index contributed by atoms with van der Waals surface area (Å²) in [4.78, 5) is 20.0. The van der Waals surface area contributed by atoms with Crippen LogP contribution in [0.4, 0.5) is 0 Å². The molecule has 2 aromatic rings. The van der Waals surface area contributed by atoms with Gasteiger partial charge in [0.05, 0.1) is 5.69 Å². The Balaban J connectivity index is 0.00000256. The van der Waals surface area contributed by atoms with E-state index in [0.29, 0.717) is 23.8 Å². The van der Waals surface area contributed by atoms with Crippen LogP contribution in [0.15, 0.2) is 36.4 Å². The zero-order valence-corrected chi connectivity index (χ0v) is 18.3. The van der Waals surface area contributed by atoms with Gasteiger partial charge in [0.15, 0.2) is 0 Å². The Kier molecular flexibility index (Phi) is 5.99. The quantitative estimate of drug-likeness (QED) is 0.627. The van der Waals surface area contributed by atoms with E-state index in [9.17, 15) is 4.79 Å². The van der Waals surface area contributed by atoms with Gasteiger partial charge in [0.25, 0.3) is 5.91 Å². The lowest BCUT2D eigenvalue weighted by atomic mass is 9.65. The number of hydrogen-bond acceptors (Lipinski definition) is 3. The number of fused-ring (bicyclic) bond motifs is 2. The number of likely N-dealkylation sites (tertiary alicyclic amines) is 1. The minimum Gasteiger partial charge on any atom is -0.487 e. The second kappa shape index (κ2) is 8.05. The number of carbonyl (C=O) groups excluding carboxylic acids is 1. The second-order valence-electron chi connectivity index (χ2n) is 10.2. The number of hydrogen-bond donors (Lipinski definition) is 0. The Hall–Kier alpha value is -2.36. The van der Waals surface area contributed by atoms with Gasteiger partial charge in [-0.25, -0.2) is 4.98 Å². The molecule has 2 heterocycles. The standard InChI is InChI=1S/C25H32N2O2.CH4/c1-17-8-6-9-18(2)22(17)29-14-19-10-7-11-21(26-19)23(28)27-16-25(5)13-20(27)12-24(3,4)15-25;/h6-11,20H,12-16H2,1-5H3;1H4/t20-,25-;/m1./s1. The highest BCUT2D eigenvalue weighted by atomic mass is 16.5. The number of nitrogens with zero attached hydrogens (tertiary/aromatic N) is 2. The van der Waals surface area contributed by atoms with Gasteiger partial charge >= 0.3 is 0 Å². The fourth-order valence-corrected chi connectivity index (χ4v) is 5.70. The summed E-state index contributed by atoms with van der Waals surface area (Å²) in [6, 6.07) is 12.1. The van der Waals surface area contributed by atoms with Crippen molar-refractivity contribution in [2.24, 2.45) is 10.8 Å². The van der Waals surface area contributed by atoms with Crippen LogP contribution >= 0.6 is 0 Å². The molecule has 1 amide bonds. The zero-order chi connectivity index (χ0) is 20.8. The molecule has 4 rings (SSSR count). The summed E-state index contributed by atoms with van der Waals surface area (Å²) in [7, 11) is 0. The molecule has 1 saturated heterocycles. The van der Waals surface area contributed by atoms with Crippen molar-refractivity contribution in [2.45, 2.75) is 74.0 Å². The highest BCUT2D eigenvalue weighted by Crippen LogP contribution is 2.52. The predicted molar refractivity (Wildman–Crippen MR) is 122 cm³/mol. The molecule has 0 unspecified atom stereocenters. The van der Waals surface area contributed by atoms with Crippen LogP contribution in [0.2, 0.25) is 0 Å². The summed E-state index contributed by atoms with van der Waals surface area (Å²) < 4.78 is 6.04. The van der Waals surface area contributed by atoms with E-state index in [0.717, 1.165) is 42.0 Å². The molecular formula is C26H36N2O2. The van der Waals surface area contributed by atoms with E-state index in [2.05, 4.69) is 30.7 Å². The Bertz CT molecular complexity index is 916. The smallest absolute Gasteiger partial charge is 0.272 e. The Morgan fingerprint density at radius 2 is 1.77 bits per heavy atom. The summed E-state index contributed by atoms with van der Waals surface area (Å²) >= 11 is 0. The lowest BCUT2D eigenvalue weighted by Gasteiger charge is -2.39. The van der Waals surface area contributed by atoms with E-state index < -0.39 is 0 Å². The molecule has 4 heteroatoms. The molecule has 2 atom stereocenters. The molecule has 2 bridgehead atoms. The number of amides is 1. The topological polar surface area (TPSA) is 42.4 Å². The average molecular weight is 409 g/mol. The fourth-order valence-electron chi connectivity index (χ4n) is 5.70. The van der Waals surface area contributed by atoms with Crippen molar-refractivity contribution in [1.29, 1.82) is 0 Å². The van der Waals surface area contributed by atoms with Crippen molar-refractivity contribution in [1.82, 2.24) is 9.88 Å². The van der Waals surface area contributed by atoms with Gasteiger partial charge in [0.1, 0.15) is 18.1 Å².